The molecule has 1 saturated carbocycles. The van der Waals surface area contributed by atoms with E-state index in [2.05, 4.69) is 21.8 Å². The van der Waals surface area contributed by atoms with E-state index in [1.54, 1.807) is 0 Å². The largest absolute Gasteiger partial charge is 0.480 e. The Morgan fingerprint density at radius 3 is 2.74 bits per heavy atom. The third-order valence-electron chi connectivity index (χ3n) is 6.26. The Labute approximate surface area is 160 Å². The quantitative estimate of drug-likeness (QED) is 0.834. The summed E-state index contributed by atoms with van der Waals surface area (Å²) in [6.07, 6.45) is 10.1. The number of para-hydroxylation sites is 1. The summed E-state index contributed by atoms with van der Waals surface area (Å²) in [6, 6.07) is 8.06. The number of imidazole rings is 1. The monoisotopic (exact) mass is 365 g/mol. The number of aromatic nitrogens is 2. The molecule has 5 rings (SSSR count). The first kappa shape index (κ1) is 16.8. The minimum Gasteiger partial charge on any atom is -0.480 e. The molecule has 5 nitrogen and oxygen atoms in total. The van der Waals surface area contributed by atoms with Crippen LogP contribution in [-0.2, 0) is 17.8 Å². The van der Waals surface area contributed by atoms with Crippen LogP contribution >= 0.6 is 0 Å². The SMILES string of the molecule is O=C(C1CCc2ccccc2O1)N1CCC(c2nccn2CC2CC2)CC1. The molecule has 0 spiro atoms. The van der Waals surface area contributed by atoms with Crippen molar-refractivity contribution in [3.05, 3.63) is 48.0 Å². The number of fused-ring (bicyclic) bond motifs is 1. The lowest BCUT2D eigenvalue weighted by Crippen LogP contribution is -2.46. The van der Waals surface area contributed by atoms with E-state index in [0.717, 1.165) is 57.0 Å². The van der Waals surface area contributed by atoms with Crippen molar-refractivity contribution in [2.45, 2.75) is 57.1 Å². The first-order chi connectivity index (χ1) is 13.3. The molecule has 142 valence electrons. The summed E-state index contributed by atoms with van der Waals surface area (Å²) in [5, 5.41) is 0. The minimum absolute atomic E-state index is 0.157. The van der Waals surface area contributed by atoms with Crippen molar-refractivity contribution in [3.63, 3.8) is 0 Å². The fourth-order valence-electron chi connectivity index (χ4n) is 4.47. The summed E-state index contributed by atoms with van der Waals surface area (Å²) >= 11 is 0. The van der Waals surface area contributed by atoms with Gasteiger partial charge in [-0.25, -0.2) is 4.98 Å². The van der Waals surface area contributed by atoms with Gasteiger partial charge in [0.25, 0.3) is 5.91 Å². The summed E-state index contributed by atoms with van der Waals surface area (Å²) in [5.41, 5.74) is 1.21. The number of rotatable bonds is 4. The fraction of sp³-hybridized carbons (Fsp3) is 0.545. The van der Waals surface area contributed by atoms with Gasteiger partial charge in [0.1, 0.15) is 11.6 Å². The van der Waals surface area contributed by atoms with Crippen LogP contribution in [0, 0.1) is 5.92 Å². The van der Waals surface area contributed by atoms with E-state index in [1.807, 2.05) is 29.3 Å². The fourth-order valence-corrected chi connectivity index (χ4v) is 4.47. The van der Waals surface area contributed by atoms with E-state index in [-0.39, 0.29) is 12.0 Å². The number of piperidine rings is 1. The second-order valence-corrected chi connectivity index (χ2v) is 8.23. The van der Waals surface area contributed by atoms with Crippen molar-refractivity contribution in [1.29, 1.82) is 0 Å². The second kappa shape index (κ2) is 7.02. The molecule has 1 saturated heterocycles. The first-order valence-corrected chi connectivity index (χ1v) is 10.3. The van der Waals surface area contributed by atoms with E-state index in [9.17, 15) is 4.79 Å². The van der Waals surface area contributed by atoms with Gasteiger partial charge in [-0.3, -0.25) is 4.79 Å². The number of likely N-dealkylation sites (tertiary alicyclic amines) is 1. The lowest BCUT2D eigenvalue weighted by molar-refractivity contribution is -0.140. The number of hydrogen-bond acceptors (Lipinski definition) is 3. The van der Waals surface area contributed by atoms with Crippen LogP contribution in [0.25, 0.3) is 0 Å². The number of amides is 1. The van der Waals surface area contributed by atoms with E-state index >= 15 is 0 Å². The molecule has 2 aromatic rings. The average molecular weight is 365 g/mol. The molecule has 3 aliphatic rings. The van der Waals surface area contributed by atoms with Crippen LogP contribution in [0.2, 0.25) is 0 Å². The van der Waals surface area contributed by atoms with E-state index in [1.165, 1.54) is 24.2 Å². The van der Waals surface area contributed by atoms with Gasteiger partial charge >= 0.3 is 0 Å². The topological polar surface area (TPSA) is 47.4 Å². The van der Waals surface area contributed by atoms with Crippen LogP contribution in [0.4, 0.5) is 0 Å². The Morgan fingerprint density at radius 1 is 1.11 bits per heavy atom. The Hall–Kier alpha value is -2.30. The molecular formula is C22H27N3O2. The first-order valence-electron chi connectivity index (χ1n) is 10.3. The number of hydrogen-bond donors (Lipinski definition) is 0. The minimum atomic E-state index is -0.326. The zero-order valence-electron chi connectivity index (χ0n) is 15.7. The Kier molecular flexibility index (Phi) is 4.38. The van der Waals surface area contributed by atoms with Crippen molar-refractivity contribution in [2.75, 3.05) is 13.1 Å². The van der Waals surface area contributed by atoms with Crippen molar-refractivity contribution in [3.8, 4) is 5.75 Å². The van der Waals surface area contributed by atoms with Gasteiger partial charge in [-0.05, 0) is 56.1 Å². The normalized spacial score (nSPS) is 23.0. The maximum Gasteiger partial charge on any atom is 0.263 e. The number of carbonyl (C=O) groups excluding carboxylic acids is 1. The molecule has 2 aliphatic heterocycles. The summed E-state index contributed by atoms with van der Waals surface area (Å²) < 4.78 is 8.36. The maximum absolute atomic E-state index is 13.0. The van der Waals surface area contributed by atoms with Crippen molar-refractivity contribution < 1.29 is 9.53 Å². The Morgan fingerprint density at radius 2 is 1.93 bits per heavy atom. The highest BCUT2D eigenvalue weighted by Crippen LogP contribution is 2.34. The van der Waals surface area contributed by atoms with Crippen LogP contribution in [-0.4, -0.2) is 39.6 Å². The van der Waals surface area contributed by atoms with Gasteiger partial charge in [-0.15, -0.1) is 0 Å². The van der Waals surface area contributed by atoms with Crippen molar-refractivity contribution >= 4 is 5.91 Å². The lowest BCUT2D eigenvalue weighted by atomic mass is 9.94. The number of ether oxygens (including phenoxy) is 1. The molecule has 0 N–H and O–H groups in total. The molecule has 1 amide bonds. The molecule has 3 heterocycles. The molecule has 1 aromatic carbocycles. The average Bonchev–Trinajstić information content (AvgIpc) is 3.42. The summed E-state index contributed by atoms with van der Waals surface area (Å²) in [6.45, 7) is 2.73. The predicted molar refractivity (Wildman–Crippen MR) is 103 cm³/mol. The lowest BCUT2D eigenvalue weighted by Gasteiger charge is -2.35. The number of carbonyl (C=O) groups is 1. The third kappa shape index (κ3) is 3.47. The molecule has 1 aromatic heterocycles. The van der Waals surface area contributed by atoms with Crippen molar-refractivity contribution in [2.24, 2.45) is 5.92 Å². The van der Waals surface area contributed by atoms with Crippen molar-refractivity contribution in [1.82, 2.24) is 14.5 Å². The maximum atomic E-state index is 13.0. The molecule has 0 radical (unpaired) electrons. The number of nitrogens with zero attached hydrogens (tertiary/aromatic N) is 3. The molecule has 1 atom stereocenters. The number of aryl methyl sites for hydroxylation is 1. The predicted octanol–water partition coefficient (Wildman–Crippen LogP) is 3.39. The molecule has 0 bridgehead atoms. The van der Waals surface area contributed by atoms with Gasteiger partial charge in [-0.2, -0.15) is 0 Å². The van der Waals surface area contributed by atoms with Gasteiger partial charge in [0, 0.05) is 37.9 Å². The van der Waals surface area contributed by atoms with Gasteiger partial charge in [0.15, 0.2) is 6.10 Å². The van der Waals surface area contributed by atoms with Gasteiger partial charge in [0.05, 0.1) is 0 Å². The van der Waals surface area contributed by atoms with Crippen LogP contribution in [0.1, 0.15) is 49.4 Å². The van der Waals surface area contributed by atoms with E-state index < -0.39 is 0 Å². The van der Waals surface area contributed by atoms with E-state index in [0.29, 0.717) is 5.92 Å². The zero-order chi connectivity index (χ0) is 18.2. The van der Waals surface area contributed by atoms with Gasteiger partial charge in [0.2, 0.25) is 0 Å². The van der Waals surface area contributed by atoms with Crippen LogP contribution in [0.15, 0.2) is 36.7 Å². The Bertz CT molecular complexity index is 818. The molecular weight excluding hydrogens is 338 g/mol. The highest BCUT2D eigenvalue weighted by atomic mass is 16.5. The molecule has 2 fully saturated rings. The molecule has 1 unspecified atom stereocenters. The van der Waals surface area contributed by atoms with Crippen LogP contribution in [0.3, 0.4) is 0 Å². The van der Waals surface area contributed by atoms with Crippen LogP contribution < -0.4 is 4.74 Å². The standard InChI is InChI=1S/C22H27N3O2/c26-22(20-8-7-17-3-1-2-4-19(17)27-20)24-12-9-18(10-13-24)21-23-11-14-25(21)15-16-5-6-16/h1-4,11,14,16,18,20H,5-10,12-13,15H2. The molecule has 5 heteroatoms. The second-order valence-electron chi connectivity index (χ2n) is 8.23. The number of benzene rings is 1. The summed E-state index contributed by atoms with van der Waals surface area (Å²) in [4.78, 5) is 19.6. The molecule has 27 heavy (non-hydrogen) atoms. The summed E-state index contributed by atoms with van der Waals surface area (Å²) in [5.74, 6) is 3.57. The smallest absolute Gasteiger partial charge is 0.263 e. The highest BCUT2D eigenvalue weighted by Gasteiger charge is 2.33. The Balaban J connectivity index is 1.19. The van der Waals surface area contributed by atoms with E-state index in [4.69, 9.17) is 4.74 Å². The van der Waals surface area contributed by atoms with Crippen LogP contribution in [0.5, 0.6) is 5.75 Å². The zero-order valence-corrected chi connectivity index (χ0v) is 15.7. The summed E-state index contributed by atoms with van der Waals surface area (Å²) in [7, 11) is 0. The third-order valence-corrected chi connectivity index (χ3v) is 6.26. The van der Waals surface area contributed by atoms with Gasteiger partial charge < -0.3 is 14.2 Å². The van der Waals surface area contributed by atoms with Gasteiger partial charge in [-0.1, -0.05) is 18.2 Å². The molecule has 1 aliphatic carbocycles. The highest BCUT2D eigenvalue weighted by molar-refractivity contribution is 5.81.